The molecule has 0 aliphatic carbocycles. The lowest BCUT2D eigenvalue weighted by atomic mass is 9.85. The quantitative estimate of drug-likeness (QED) is 0.324. The van der Waals surface area contributed by atoms with Crippen LogP contribution in [0.4, 0.5) is 0 Å². The van der Waals surface area contributed by atoms with Crippen LogP contribution in [-0.4, -0.2) is 21.9 Å². The molecule has 1 rings (SSSR count). The van der Waals surface area contributed by atoms with Crippen molar-refractivity contribution in [2.75, 3.05) is 0 Å². The molecule has 18 heavy (non-hydrogen) atoms. The molecule has 0 saturated heterocycles. The number of carbonyl (C=O) groups excluding carboxylic acids is 1. The highest BCUT2D eigenvalue weighted by Crippen LogP contribution is 2.21. The molecule has 1 aromatic heterocycles. The minimum atomic E-state index is -1.00. The molecule has 0 radical (unpaired) electrons. The maximum atomic E-state index is 12.1. The van der Waals surface area contributed by atoms with Gasteiger partial charge in [0, 0.05) is 5.38 Å². The Morgan fingerprint density at radius 2 is 2.39 bits per heavy atom. The zero-order chi connectivity index (χ0) is 13.8. The summed E-state index contributed by atoms with van der Waals surface area (Å²) >= 11 is 1.53. The van der Waals surface area contributed by atoms with Crippen molar-refractivity contribution in [3.8, 4) is 0 Å². The molecule has 0 aliphatic heterocycles. The van der Waals surface area contributed by atoms with Crippen molar-refractivity contribution in [1.29, 1.82) is 0 Å². The average molecular weight is 270 g/mol. The number of nitrogens with one attached hydrogen (secondary N) is 1. The van der Waals surface area contributed by atoms with Crippen LogP contribution in [0.3, 0.4) is 0 Å². The highest BCUT2D eigenvalue weighted by atomic mass is 32.1. The Morgan fingerprint density at radius 1 is 1.72 bits per heavy atom. The molecule has 100 valence electrons. The van der Waals surface area contributed by atoms with Crippen molar-refractivity contribution < 1.29 is 10.0 Å². The molecule has 0 fully saturated rings. The third-order valence-electron chi connectivity index (χ3n) is 2.98. The first-order valence-corrected chi connectivity index (χ1v) is 6.49. The SMILES string of the molecule is CCC(C)(C(=O)NCc1csc(C)n1)C(N)=NO. The van der Waals surface area contributed by atoms with Crippen LogP contribution in [-0.2, 0) is 11.3 Å². The Kier molecular flexibility index (Phi) is 4.66. The van der Waals surface area contributed by atoms with Crippen molar-refractivity contribution in [2.45, 2.75) is 33.7 Å². The Hall–Kier alpha value is -1.63. The van der Waals surface area contributed by atoms with Crippen molar-refractivity contribution in [3.05, 3.63) is 16.1 Å². The van der Waals surface area contributed by atoms with E-state index in [1.165, 1.54) is 11.3 Å². The maximum Gasteiger partial charge on any atom is 0.233 e. The lowest BCUT2D eigenvalue weighted by Gasteiger charge is -2.24. The summed E-state index contributed by atoms with van der Waals surface area (Å²) in [5.74, 6) is -0.358. The Morgan fingerprint density at radius 3 is 2.83 bits per heavy atom. The van der Waals surface area contributed by atoms with Gasteiger partial charge < -0.3 is 16.3 Å². The number of nitrogens with zero attached hydrogens (tertiary/aromatic N) is 2. The van der Waals surface area contributed by atoms with Crippen LogP contribution in [0.25, 0.3) is 0 Å². The Labute approximate surface area is 110 Å². The Balaban J connectivity index is 2.69. The van der Waals surface area contributed by atoms with Gasteiger partial charge in [0.25, 0.3) is 0 Å². The molecule has 0 saturated carbocycles. The summed E-state index contributed by atoms with van der Waals surface area (Å²) in [5, 5.41) is 17.2. The fourth-order valence-corrected chi connectivity index (χ4v) is 2.04. The molecule has 1 aromatic rings. The molecule has 1 unspecified atom stereocenters. The van der Waals surface area contributed by atoms with Crippen molar-refractivity contribution in [3.63, 3.8) is 0 Å². The third-order valence-corrected chi connectivity index (χ3v) is 3.80. The zero-order valence-corrected chi connectivity index (χ0v) is 11.5. The minimum absolute atomic E-state index is 0.0861. The lowest BCUT2D eigenvalue weighted by molar-refractivity contribution is -0.127. The van der Waals surface area contributed by atoms with Gasteiger partial charge in [0.05, 0.1) is 17.2 Å². The van der Waals surface area contributed by atoms with E-state index < -0.39 is 5.41 Å². The summed E-state index contributed by atoms with van der Waals surface area (Å²) < 4.78 is 0. The first-order valence-electron chi connectivity index (χ1n) is 5.61. The maximum absolute atomic E-state index is 12.1. The molecule has 1 atom stereocenters. The van der Waals surface area contributed by atoms with E-state index in [1.807, 2.05) is 19.2 Å². The molecule has 0 bridgehead atoms. The first-order chi connectivity index (χ1) is 8.43. The number of nitrogens with two attached hydrogens (primary N) is 1. The number of aryl methyl sites for hydroxylation is 1. The van der Waals surface area contributed by atoms with Crippen LogP contribution >= 0.6 is 11.3 Å². The van der Waals surface area contributed by atoms with Gasteiger partial charge in [0.2, 0.25) is 5.91 Å². The second-order valence-electron chi connectivity index (χ2n) is 4.21. The van der Waals surface area contributed by atoms with E-state index in [-0.39, 0.29) is 11.7 Å². The van der Waals surface area contributed by atoms with E-state index in [2.05, 4.69) is 15.5 Å². The zero-order valence-electron chi connectivity index (χ0n) is 10.7. The van der Waals surface area contributed by atoms with E-state index in [4.69, 9.17) is 10.9 Å². The van der Waals surface area contributed by atoms with Crippen molar-refractivity contribution in [1.82, 2.24) is 10.3 Å². The molecule has 6 nitrogen and oxygen atoms in total. The van der Waals surface area contributed by atoms with Crippen LogP contribution in [0.5, 0.6) is 0 Å². The van der Waals surface area contributed by atoms with Crippen molar-refractivity contribution in [2.24, 2.45) is 16.3 Å². The Bertz CT molecular complexity index is 458. The standard InChI is InChI=1S/C11H18N4O2S/c1-4-11(3,9(12)15-17)10(16)13-5-8-6-18-7(2)14-8/h6,17H,4-5H2,1-3H3,(H2,12,15)(H,13,16). The predicted molar refractivity (Wildman–Crippen MR) is 70.5 cm³/mol. The van der Waals surface area contributed by atoms with Gasteiger partial charge in [-0.3, -0.25) is 4.79 Å². The van der Waals surface area contributed by atoms with Gasteiger partial charge in [0.15, 0.2) is 5.84 Å². The number of rotatable bonds is 5. The monoisotopic (exact) mass is 270 g/mol. The molecule has 0 spiro atoms. The lowest BCUT2D eigenvalue weighted by Crippen LogP contribution is -2.47. The van der Waals surface area contributed by atoms with Gasteiger partial charge in [-0.1, -0.05) is 12.1 Å². The minimum Gasteiger partial charge on any atom is -0.409 e. The number of oxime groups is 1. The average Bonchev–Trinajstić information content (AvgIpc) is 2.79. The van der Waals surface area contributed by atoms with Crippen LogP contribution < -0.4 is 11.1 Å². The molecular formula is C11H18N4O2S. The fraction of sp³-hybridized carbons (Fsp3) is 0.545. The van der Waals surface area contributed by atoms with E-state index in [1.54, 1.807) is 6.92 Å². The normalized spacial score (nSPS) is 15.2. The van der Waals surface area contributed by atoms with Gasteiger partial charge in [-0.15, -0.1) is 11.3 Å². The fourth-order valence-electron chi connectivity index (χ4n) is 1.42. The highest BCUT2D eigenvalue weighted by molar-refractivity contribution is 7.09. The summed E-state index contributed by atoms with van der Waals surface area (Å²) in [7, 11) is 0. The first kappa shape index (κ1) is 14.4. The van der Waals surface area contributed by atoms with Gasteiger partial charge in [-0.25, -0.2) is 4.98 Å². The molecule has 7 heteroatoms. The number of hydrogen-bond acceptors (Lipinski definition) is 5. The number of carbonyl (C=O) groups is 1. The topological polar surface area (TPSA) is 101 Å². The van der Waals surface area contributed by atoms with Crippen LogP contribution in [0.15, 0.2) is 10.5 Å². The molecule has 4 N–H and O–H groups in total. The van der Waals surface area contributed by atoms with Crippen LogP contribution in [0, 0.1) is 12.3 Å². The summed E-state index contributed by atoms with van der Waals surface area (Å²) in [6.07, 6.45) is 0.449. The third kappa shape index (κ3) is 2.98. The molecule has 0 aromatic carbocycles. The van der Waals surface area contributed by atoms with E-state index in [0.29, 0.717) is 13.0 Å². The summed E-state index contributed by atoms with van der Waals surface area (Å²) in [6, 6.07) is 0. The number of hydrogen-bond donors (Lipinski definition) is 3. The number of thiazole rings is 1. The molecule has 0 aliphatic rings. The number of aromatic nitrogens is 1. The van der Waals surface area contributed by atoms with Crippen LogP contribution in [0.1, 0.15) is 31.0 Å². The van der Waals surface area contributed by atoms with Gasteiger partial charge >= 0.3 is 0 Å². The molecule has 1 heterocycles. The van der Waals surface area contributed by atoms with E-state index >= 15 is 0 Å². The summed E-state index contributed by atoms with van der Waals surface area (Å²) in [5.41, 5.74) is 5.37. The smallest absolute Gasteiger partial charge is 0.233 e. The van der Waals surface area contributed by atoms with Crippen LogP contribution in [0.2, 0.25) is 0 Å². The summed E-state index contributed by atoms with van der Waals surface area (Å²) in [6.45, 7) is 5.70. The predicted octanol–water partition coefficient (Wildman–Crippen LogP) is 1.23. The second kappa shape index (κ2) is 5.81. The second-order valence-corrected chi connectivity index (χ2v) is 5.27. The number of amidine groups is 1. The molecular weight excluding hydrogens is 252 g/mol. The largest absolute Gasteiger partial charge is 0.409 e. The number of amides is 1. The highest BCUT2D eigenvalue weighted by Gasteiger charge is 2.36. The van der Waals surface area contributed by atoms with Gasteiger partial charge in [-0.05, 0) is 20.3 Å². The van der Waals surface area contributed by atoms with Gasteiger partial charge in [-0.2, -0.15) is 0 Å². The molecule has 1 amide bonds. The van der Waals surface area contributed by atoms with E-state index in [0.717, 1.165) is 10.7 Å². The summed E-state index contributed by atoms with van der Waals surface area (Å²) in [4.78, 5) is 16.3. The van der Waals surface area contributed by atoms with Gasteiger partial charge in [0.1, 0.15) is 5.41 Å². The van der Waals surface area contributed by atoms with E-state index in [9.17, 15) is 4.79 Å². The van der Waals surface area contributed by atoms with Crippen molar-refractivity contribution >= 4 is 23.1 Å².